The Bertz CT molecular complexity index is 2630. The average Bonchev–Trinajstić information content (AvgIpc) is 4.05. The molecule has 0 radical (unpaired) electrons. The molecule has 11 nitrogen and oxygen atoms in total. The monoisotopic (exact) mass is 834 g/mol. The third kappa shape index (κ3) is 9.22. The van der Waals surface area contributed by atoms with Crippen molar-refractivity contribution in [1.82, 2.24) is 9.97 Å². The van der Waals surface area contributed by atoms with Crippen LogP contribution in [0.15, 0.2) is 91.3 Å². The van der Waals surface area contributed by atoms with Crippen molar-refractivity contribution in [2.75, 3.05) is 42.2 Å². The number of hydrogen-bond donors (Lipinski definition) is 5. The van der Waals surface area contributed by atoms with Gasteiger partial charge in [-0.05, 0) is 95.8 Å². The van der Waals surface area contributed by atoms with Gasteiger partial charge in [-0.3, -0.25) is 14.4 Å². The van der Waals surface area contributed by atoms with Crippen molar-refractivity contribution in [2.24, 2.45) is 0 Å². The number of ether oxygens (including phenoxy) is 1. The van der Waals surface area contributed by atoms with Crippen LogP contribution < -0.4 is 10.2 Å². The van der Waals surface area contributed by atoms with Crippen molar-refractivity contribution in [3.05, 3.63) is 130 Å². The molecule has 0 unspecified atom stereocenters. The molecule has 0 fully saturated rings. The van der Waals surface area contributed by atoms with Gasteiger partial charge in [0.05, 0.1) is 12.8 Å². The van der Waals surface area contributed by atoms with Crippen LogP contribution in [0.3, 0.4) is 0 Å². The second-order valence-corrected chi connectivity index (χ2v) is 14.9. The van der Waals surface area contributed by atoms with Crippen LogP contribution in [0.1, 0.15) is 74.5 Å². The first-order valence-corrected chi connectivity index (χ1v) is 19.9. The summed E-state index contributed by atoms with van der Waals surface area (Å²) in [5.74, 6) is 1.05. The molecule has 2 aliphatic heterocycles. The maximum absolute atomic E-state index is 13.2. The third-order valence-corrected chi connectivity index (χ3v) is 10.9. The van der Waals surface area contributed by atoms with Crippen molar-refractivity contribution in [3.8, 4) is 11.5 Å². The number of ketones is 2. The fraction of sp³-hybridized carbons (Fsp3) is 0.217. The predicted octanol–water partition coefficient (Wildman–Crippen LogP) is 9.46. The third-order valence-electron chi connectivity index (χ3n) is 10.2. The van der Waals surface area contributed by atoms with Crippen molar-refractivity contribution in [2.45, 2.75) is 32.6 Å². The summed E-state index contributed by atoms with van der Waals surface area (Å²) in [6.45, 7) is 6.23. The average molecular weight is 836 g/mol. The highest BCUT2D eigenvalue weighted by molar-refractivity contribution is 6.19. The molecule has 59 heavy (non-hydrogen) atoms. The van der Waals surface area contributed by atoms with Gasteiger partial charge in [-0.15, -0.1) is 23.2 Å². The summed E-state index contributed by atoms with van der Waals surface area (Å²) in [5.41, 5.74) is 7.28. The number of H-pyrrole nitrogens is 2. The fourth-order valence-electron chi connectivity index (χ4n) is 7.39. The van der Waals surface area contributed by atoms with Crippen LogP contribution in [0.25, 0.3) is 33.7 Å². The summed E-state index contributed by atoms with van der Waals surface area (Å²) in [6.07, 6.45) is 9.50. The fourth-order valence-corrected chi connectivity index (χ4v) is 7.90. The minimum absolute atomic E-state index is 0.0214. The number of methoxy groups -OCH3 is 1. The topological polar surface area (TPSA) is 165 Å². The number of esters is 1. The molecule has 0 bridgehead atoms. The molecular weight excluding hydrogens is 791 g/mol. The van der Waals surface area contributed by atoms with Crippen LogP contribution in [-0.4, -0.2) is 75.6 Å². The largest absolute Gasteiger partial charge is 0.507 e. The van der Waals surface area contributed by atoms with Gasteiger partial charge in [0.2, 0.25) is 0 Å². The van der Waals surface area contributed by atoms with E-state index in [2.05, 4.69) is 20.0 Å². The number of hydrogen-bond acceptors (Lipinski definition) is 8. The minimum Gasteiger partial charge on any atom is -0.507 e. The molecule has 4 aromatic carbocycles. The van der Waals surface area contributed by atoms with Gasteiger partial charge in [0, 0.05) is 77.7 Å². The lowest BCUT2D eigenvalue weighted by Gasteiger charge is -2.18. The first-order valence-electron chi connectivity index (χ1n) is 18.8. The summed E-state index contributed by atoms with van der Waals surface area (Å²) < 4.78 is 4.51. The Morgan fingerprint density at radius 1 is 0.780 bits per heavy atom. The summed E-state index contributed by atoms with van der Waals surface area (Å²) in [6, 6.07) is 20.5. The highest BCUT2D eigenvalue weighted by Crippen LogP contribution is 2.47. The zero-order valence-corrected chi connectivity index (χ0v) is 34.4. The van der Waals surface area contributed by atoms with Crippen molar-refractivity contribution >= 4 is 91.7 Å². The lowest BCUT2D eigenvalue weighted by molar-refractivity contribution is -0.113. The van der Waals surface area contributed by atoms with Crippen LogP contribution in [0.5, 0.6) is 11.5 Å². The number of aromatic nitrogens is 2. The maximum atomic E-state index is 13.2. The molecule has 1 amide bonds. The summed E-state index contributed by atoms with van der Waals surface area (Å²) in [5, 5.41) is 27.5. The van der Waals surface area contributed by atoms with E-state index in [-0.39, 0.29) is 29.1 Å². The number of phenolic OH excluding ortho intramolecular Hbond substituents is 2. The molecule has 0 spiro atoms. The number of nitrogens with one attached hydrogen (secondary N) is 3. The van der Waals surface area contributed by atoms with Gasteiger partial charge in [0.1, 0.15) is 22.9 Å². The number of allylic oxidation sites excluding steroid dienone is 2. The molecule has 2 aromatic heterocycles. The SMILES string of the molecule is CC(=O)/C=C/c1c[nH]c(C(=O)N2C[C@@H](CCl)c3c2cc(O)c2cccc(C)c32)c1.COC(=O)c1cc(/C=C/C(C)=O)c[nH]1.Oc1cc2c(c3ccccc13)[C@H](CCl)CN2. The van der Waals surface area contributed by atoms with E-state index in [0.29, 0.717) is 47.0 Å². The molecule has 4 heterocycles. The number of amides is 1. The van der Waals surface area contributed by atoms with Crippen molar-refractivity contribution < 1.29 is 34.1 Å². The quantitative estimate of drug-likeness (QED) is 0.0575. The van der Waals surface area contributed by atoms with E-state index >= 15 is 0 Å². The standard InChI is InChI=1S/C23H21ClN2O3.C13H12ClNO.C10H11NO3/c1-13-4-3-5-17-20(28)9-19-22(21(13)17)16(10-24)12-26(19)23(29)18-8-15(11-25-18)7-6-14(2)27;14-6-8-7-15-11-5-12(16)9-3-1-2-4-10(9)13(8)11;1-7(12)3-4-8-5-9(11-6-8)10(13)14-2/h3-9,11,16,25,28H,10,12H2,1-2H3;1-5,8,15-16H,6-7H2;3-6,11H,1-2H3/b7-6+;;4-3+/t16-;8-;/m11./s1. The normalized spacial score (nSPS) is 15.3. The van der Waals surface area contributed by atoms with E-state index in [1.165, 1.54) is 38.7 Å². The number of carbonyl (C=O) groups is 4. The second-order valence-electron chi connectivity index (χ2n) is 14.3. The van der Waals surface area contributed by atoms with Crippen LogP contribution in [0.2, 0.25) is 0 Å². The number of carbonyl (C=O) groups excluding carboxylic acids is 4. The number of aryl methyl sites for hydroxylation is 1. The van der Waals surface area contributed by atoms with E-state index in [1.807, 2.05) is 49.4 Å². The van der Waals surface area contributed by atoms with E-state index in [9.17, 15) is 29.4 Å². The van der Waals surface area contributed by atoms with E-state index in [0.717, 1.165) is 56.0 Å². The Labute approximate surface area is 351 Å². The summed E-state index contributed by atoms with van der Waals surface area (Å²) >= 11 is 12.2. The Kier molecular flexibility index (Phi) is 13.3. The number of aromatic amines is 2. The number of rotatable bonds is 8. The van der Waals surface area contributed by atoms with Crippen LogP contribution in [-0.2, 0) is 14.3 Å². The molecule has 5 N–H and O–H groups in total. The maximum Gasteiger partial charge on any atom is 0.354 e. The lowest BCUT2D eigenvalue weighted by Crippen LogP contribution is -2.30. The molecule has 0 saturated heterocycles. The van der Waals surface area contributed by atoms with E-state index in [1.54, 1.807) is 53.7 Å². The van der Waals surface area contributed by atoms with Crippen LogP contribution in [0.4, 0.5) is 11.4 Å². The summed E-state index contributed by atoms with van der Waals surface area (Å²) in [7, 11) is 1.31. The molecule has 2 atom stereocenters. The second kappa shape index (κ2) is 18.5. The highest BCUT2D eigenvalue weighted by Gasteiger charge is 2.35. The van der Waals surface area contributed by atoms with Gasteiger partial charge in [-0.2, -0.15) is 0 Å². The number of halogens is 2. The number of phenols is 2. The van der Waals surface area contributed by atoms with Crippen molar-refractivity contribution in [1.29, 1.82) is 0 Å². The molecule has 2 aliphatic rings. The number of fused-ring (bicyclic) bond motifs is 6. The first-order chi connectivity index (χ1) is 28.3. The van der Waals surface area contributed by atoms with Gasteiger partial charge in [-0.1, -0.05) is 42.5 Å². The smallest absolute Gasteiger partial charge is 0.354 e. The van der Waals surface area contributed by atoms with Crippen molar-refractivity contribution in [3.63, 3.8) is 0 Å². The molecule has 0 aliphatic carbocycles. The summed E-state index contributed by atoms with van der Waals surface area (Å²) in [4.78, 5) is 53.4. The Hall–Kier alpha value is -6.30. The Morgan fingerprint density at radius 2 is 1.37 bits per heavy atom. The zero-order valence-electron chi connectivity index (χ0n) is 32.9. The highest BCUT2D eigenvalue weighted by atomic mass is 35.5. The van der Waals surface area contributed by atoms with E-state index < -0.39 is 5.97 Å². The Morgan fingerprint density at radius 3 is 2.00 bits per heavy atom. The predicted molar refractivity (Wildman–Crippen MR) is 235 cm³/mol. The van der Waals surface area contributed by atoms with Crippen LogP contribution >= 0.6 is 23.2 Å². The zero-order chi connectivity index (χ0) is 42.4. The first kappa shape index (κ1) is 42.3. The molecular formula is C46H44Cl2N4O7. The number of alkyl halides is 2. The number of nitrogens with zero attached hydrogens (tertiary/aromatic N) is 1. The molecule has 8 rings (SSSR count). The number of aromatic hydroxyl groups is 2. The number of benzene rings is 4. The van der Waals surface area contributed by atoms with Gasteiger partial charge < -0.3 is 35.1 Å². The van der Waals surface area contributed by atoms with Gasteiger partial charge >= 0.3 is 5.97 Å². The Balaban J connectivity index is 0.000000164. The molecule has 13 heteroatoms. The van der Waals surface area contributed by atoms with Gasteiger partial charge in [-0.25, -0.2) is 4.79 Å². The molecule has 6 aromatic rings. The van der Waals surface area contributed by atoms with Gasteiger partial charge in [0.25, 0.3) is 5.91 Å². The number of anilines is 2. The van der Waals surface area contributed by atoms with Gasteiger partial charge in [0.15, 0.2) is 11.6 Å². The molecule has 304 valence electrons. The van der Waals surface area contributed by atoms with Crippen LogP contribution in [0, 0.1) is 6.92 Å². The minimum atomic E-state index is -0.424. The molecule has 0 saturated carbocycles. The lowest BCUT2D eigenvalue weighted by atomic mass is 9.92. The van der Waals surface area contributed by atoms with E-state index in [4.69, 9.17) is 23.2 Å².